The van der Waals surface area contributed by atoms with Crippen molar-refractivity contribution in [3.63, 3.8) is 0 Å². The van der Waals surface area contributed by atoms with Gasteiger partial charge in [0.05, 0.1) is 53.6 Å². The van der Waals surface area contributed by atoms with Gasteiger partial charge in [-0.3, -0.25) is 4.79 Å². The van der Waals surface area contributed by atoms with Gasteiger partial charge in [-0.25, -0.2) is 0 Å². The maximum absolute atomic E-state index is 13.9. The average Bonchev–Trinajstić information content (AvgIpc) is 3.60. The number of carbonyl (C=O) groups excluding carboxylic acids is 1. The molecule has 6 rings (SSSR count). The Morgan fingerprint density at radius 3 is 2.89 bits per heavy atom. The number of methoxy groups -OCH3 is 1. The zero-order chi connectivity index (χ0) is 25.5. The quantitative estimate of drug-likeness (QED) is 0.625. The summed E-state index contributed by atoms with van der Waals surface area (Å²) >= 11 is 0. The number of aliphatic hydroxyl groups is 1. The van der Waals surface area contributed by atoms with E-state index in [1.165, 1.54) is 0 Å². The van der Waals surface area contributed by atoms with Gasteiger partial charge in [-0.15, -0.1) is 5.10 Å². The van der Waals surface area contributed by atoms with Crippen molar-refractivity contribution in [2.24, 2.45) is 5.41 Å². The lowest BCUT2D eigenvalue weighted by Crippen LogP contribution is -2.59. The third-order valence-electron chi connectivity index (χ3n) is 9.40. The second kappa shape index (κ2) is 8.24. The fourth-order valence-electron chi connectivity index (χ4n) is 7.63. The van der Waals surface area contributed by atoms with Crippen LogP contribution in [0.15, 0.2) is 12.3 Å². The summed E-state index contributed by atoms with van der Waals surface area (Å²) in [6, 6.07) is 0.199. The van der Waals surface area contributed by atoms with Crippen LogP contribution in [-0.2, 0) is 20.4 Å². The molecule has 5 heterocycles. The second-order valence-electron chi connectivity index (χ2n) is 11.1. The van der Waals surface area contributed by atoms with Gasteiger partial charge in [-0.2, -0.15) is 18.3 Å². The molecule has 4 saturated heterocycles. The van der Waals surface area contributed by atoms with Gasteiger partial charge in [0, 0.05) is 32.3 Å². The number of amides is 1. The van der Waals surface area contributed by atoms with E-state index < -0.39 is 28.8 Å². The summed E-state index contributed by atoms with van der Waals surface area (Å²) in [4.78, 5) is 17.5. The van der Waals surface area contributed by atoms with Crippen LogP contribution in [0.1, 0.15) is 44.6 Å². The number of carbonyl (C=O) groups is 1. The summed E-state index contributed by atoms with van der Waals surface area (Å²) in [6.07, 6.45) is -0.613. The van der Waals surface area contributed by atoms with Gasteiger partial charge >= 0.3 is 6.18 Å². The Morgan fingerprint density at radius 1 is 1.33 bits per heavy atom. The number of hydrogen-bond donors (Lipinski definition) is 2. The summed E-state index contributed by atoms with van der Waals surface area (Å²) in [5.74, 6) is 0.108. The van der Waals surface area contributed by atoms with Gasteiger partial charge in [0.25, 0.3) is 0 Å². The Labute approximate surface area is 207 Å². The molecule has 0 radical (unpaired) electrons. The van der Waals surface area contributed by atoms with Gasteiger partial charge in [0.1, 0.15) is 0 Å². The molecule has 9 nitrogen and oxygen atoms in total. The van der Waals surface area contributed by atoms with Crippen LogP contribution < -0.4 is 10.2 Å². The number of rotatable bonds is 4. The van der Waals surface area contributed by atoms with Crippen molar-refractivity contribution in [3.8, 4) is 0 Å². The molecule has 1 spiro atoms. The third-order valence-corrected chi connectivity index (χ3v) is 9.40. The predicted molar refractivity (Wildman–Crippen MR) is 121 cm³/mol. The average molecular weight is 512 g/mol. The fourth-order valence-corrected chi connectivity index (χ4v) is 7.63. The Balaban J connectivity index is 1.24. The van der Waals surface area contributed by atoms with Gasteiger partial charge < -0.3 is 29.7 Å². The van der Waals surface area contributed by atoms with Crippen LogP contribution in [0.4, 0.5) is 19.0 Å². The first kappa shape index (κ1) is 24.3. The minimum absolute atomic E-state index is 0.0284. The van der Waals surface area contributed by atoms with Crippen LogP contribution in [0.5, 0.6) is 0 Å². The highest BCUT2D eigenvalue weighted by Crippen LogP contribution is 2.60. The summed E-state index contributed by atoms with van der Waals surface area (Å²) in [5.41, 5.74) is -3.11. The van der Waals surface area contributed by atoms with Crippen LogP contribution in [0.25, 0.3) is 0 Å². The number of fused-ring (bicyclic) bond motifs is 5. The predicted octanol–water partition coefficient (Wildman–Crippen LogP) is 1.35. The topological polar surface area (TPSA) is 100 Å². The largest absolute Gasteiger partial charge is 0.418 e. The second-order valence-corrected chi connectivity index (χ2v) is 11.1. The zero-order valence-electron chi connectivity index (χ0n) is 20.4. The Kier molecular flexibility index (Phi) is 5.57. The van der Waals surface area contributed by atoms with Crippen molar-refractivity contribution in [1.29, 1.82) is 0 Å². The molecule has 5 aliphatic rings. The van der Waals surface area contributed by atoms with E-state index in [1.54, 1.807) is 18.9 Å². The molecule has 1 aromatic heterocycles. The van der Waals surface area contributed by atoms with Crippen molar-refractivity contribution < 1.29 is 32.5 Å². The summed E-state index contributed by atoms with van der Waals surface area (Å²) in [6.45, 7) is 3.30. The van der Waals surface area contributed by atoms with E-state index in [1.807, 2.05) is 4.90 Å². The molecule has 198 valence electrons. The number of alkyl halides is 3. The zero-order valence-corrected chi connectivity index (χ0v) is 20.4. The maximum atomic E-state index is 13.9. The van der Waals surface area contributed by atoms with Crippen molar-refractivity contribution in [1.82, 2.24) is 20.4 Å². The summed E-state index contributed by atoms with van der Waals surface area (Å²) in [5, 5.41) is 23.2. The first-order valence-electron chi connectivity index (χ1n) is 12.6. The SMILES string of the molecule is CO[C@@H]1COCC[C@@H]1N[C@@H]1CC[C@@]2(C1)C(=O)N1C([C@@H]3C[C@H]1CN3c1cc(C(F)(F)F)cnn1)C2(C)O. The van der Waals surface area contributed by atoms with E-state index in [0.717, 1.165) is 18.9 Å². The van der Waals surface area contributed by atoms with Crippen molar-refractivity contribution in [2.75, 3.05) is 31.8 Å². The van der Waals surface area contributed by atoms with E-state index in [9.17, 15) is 23.1 Å². The number of hydrogen-bond acceptors (Lipinski definition) is 8. The monoisotopic (exact) mass is 511 g/mol. The Hall–Kier alpha value is -2.02. The van der Waals surface area contributed by atoms with E-state index in [-0.39, 0.29) is 42.0 Å². The van der Waals surface area contributed by atoms with E-state index >= 15 is 0 Å². The molecule has 36 heavy (non-hydrogen) atoms. The maximum Gasteiger partial charge on any atom is 0.418 e. The molecular formula is C24H32F3N5O4. The summed E-state index contributed by atoms with van der Waals surface area (Å²) in [7, 11) is 1.67. The number of nitrogens with zero attached hydrogens (tertiary/aromatic N) is 4. The van der Waals surface area contributed by atoms with E-state index in [4.69, 9.17) is 9.47 Å². The molecule has 2 N–H and O–H groups in total. The Bertz CT molecular complexity index is 1040. The highest BCUT2D eigenvalue weighted by molar-refractivity contribution is 5.90. The first-order valence-corrected chi connectivity index (χ1v) is 12.6. The molecule has 2 bridgehead atoms. The standard InChI is InChI=1S/C24H32F3N5O4/c1-22(34)20-17-8-15(11-31(17)19-7-13(10-28-30-19)24(25,26)27)32(20)21(33)23(22)5-3-14(9-23)29-16-4-6-36-12-18(16)35-2/h7,10,14-18,20,29,34H,3-6,8-9,11-12H2,1-2H3/t14-,15+,16+,17+,18-,20?,22?,23-/m1/s1. The number of aromatic nitrogens is 2. The molecule has 1 aromatic rings. The van der Waals surface area contributed by atoms with Crippen LogP contribution in [0, 0.1) is 5.41 Å². The number of piperazine rings is 1. The van der Waals surface area contributed by atoms with Crippen LogP contribution in [0.2, 0.25) is 0 Å². The van der Waals surface area contributed by atoms with Crippen molar-refractivity contribution in [2.45, 2.75) is 87.1 Å². The normalized spacial score (nSPS) is 42.1. The fraction of sp³-hybridized carbons (Fsp3) is 0.792. The lowest BCUT2D eigenvalue weighted by molar-refractivity contribution is -0.142. The molecule has 12 heteroatoms. The number of ether oxygens (including phenoxy) is 2. The molecule has 5 fully saturated rings. The molecule has 8 atom stereocenters. The van der Waals surface area contributed by atoms with Gasteiger partial charge in [-0.05, 0) is 45.1 Å². The van der Waals surface area contributed by atoms with Gasteiger partial charge in [-0.1, -0.05) is 0 Å². The summed E-state index contributed by atoms with van der Waals surface area (Å²) < 4.78 is 50.9. The minimum Gasteiger partial charge on any atom is -0.387 e. The minimum atomic E-state index is -4.52. The van der Waals surface area contributed by atoms with E-state index in [0.29, 0.717) is 45.2 Å². The number of nitrogens with one attached hydrogen (secondary N) is 1. The van der Waals surface area contributed by atoms with Gasteiger partial charge in [0.15, 0.2) is 5.82 Å². The van der Waals surface area contributed by atoms with Gasteiger partial charge in [0.2, 0.25) is 5.91 Å². The van der Waals surface area contributed by atoms with Crippen molar-refractivity contribution >= 4 is 11.7 Å². The van der Waals surface area contributed by atoms with E-state index in [2.05, 4.69) is 15.5 Å². The molecule has 1 aliphatic carbocycles. The van der Waals surface area contributed by atoms with Crippen molar-refractivity contribution in [3.05, 3.63) is 17.8 Å². The number of halogens is 3. The molecule has 1 amide bonds. The van der Waals surface area contributed by atoms with Crippen LogP contribution in [-0.4, -0.2) is 94.9 Å². The lowest BCUT2D eigenvalue weighted by atomic mass is 9.69. The third kappa shape index (κ3) is 3.40. The van der Waals surface area contributed by atoms with Crippen LogP contribution >= 0.6 is 0 Å². The molecule has 4 aliphatic heterocycles. The van der Waals surface area contributed by atoms with Crippen LogP contribution in [0.3, 0.4) is 0 Å². The highest BCUT2D eigenvalue weighted by Gasteiger charge is 2.74. The highest BCUT2D eigenvalue weighted by atomic mass is 19.4. The molecule has 1 saturated carbocycles. The number of anilines is 1. The molecule has 0 aromatic carbocycles. The first-order chi connectivity index (χ1) is 17.1. The smallest absolute Gasteiger partial charge is 0.387 e. The Morgan fingerprint density at radius 2 is 2.14 bits per heavy atom. The molecule has 2 unspecified atom stereocenters. The molecular weight excluding hydrogens is 479 g/mol. The lowest BCUT2D eigenvalue weighted by Gasteiger charge is -2.43.